The zero-order valence-corrected chi connectivity index (χ0v) is 25.2. The number of halogens is 3. The summed E-state index contributed by atoms with van der Waals surface area (Å²) in [6.07, 6.45) is 0. The second-order valence-corrected chi connectivity index (χ2v) is 18.8. The lowest BCUT2D eigenvalue weighted by molar-refractivity contribution is -0.0499. The zero-order valence-electron chi connectivity index (χ0n) is 22.6. The highest BCUT2D eigenvalue weighted by Crippen LogP contribution is 2.38. The predicted octanol–water partition coefficient (Wildman–Crippen LogP) is 5.80. The molecule has 40 heavy (non-hydrogen) atoms. The minimum atomic E-state index is -5.98. The van der Waals surface area contributed by atoms with E-state index in [1.807, 2.05) is 34.6 Å². The number of alkyl halides is 3. The van der Waals surface area contributed by atoms with E-state index in [-0.39, 0.29) is 21.2 Å². The van der Waals surface area contributed by atoms with Crippen molar-refractivity contribution in [3.05, 3.63) is 84.4 Å². The molecule has 4 rings (SSSR count). The van der Waals surface area contributed by atoms with Crippen LogP contribution in [0.15, 0.2) is 83.8 Å². The molecule has 0 unspecified atom stereocenters. The van der Waals surface area contributed by atoms with Gasteiger partial charge in [-0.25, -0.2) is 12.4 Å². The Morgan fingerprint density at radius 3 is 1.93 bits per heavy atom. The third kappa shape index (κ3) is 4.86. The molecule has 3 aromatic carbocycles. The van der Waals surface area contributed by atoms with Crippen molar-refractivity contribution in [3.8, 4) is 5.75 Å². The fourth-order valence-corrected chi connectivity index (χ4v) is 14.1. The summed E-state index contributed by atoms with van der Waals surface area (Å²) in [4.78, 5) is 0.0558. The molecule has 12 heteroatoms. The SMILES string of the molecule is Cc1ccc(S(=O)(=O)n2c([Si](c3ccccc3OS(=O)(=O)C(F)(F)F)(C(C)C)C(C)C)cc3ccccc32)cc1. The van der Waals surface area contributed by atoms with E-state index in [1.54, 1.807) is 54.6 Å². The Morgan fingerprint density at radius 2 is 1.35 bits per heavy atom. The van der Waals surface area contributed by atoms with Crippen molar-refractivity contribution >= 4 is 49.6 Å². The van der Waals surface area contributed by atoms with Crippen LogP contribution >= 0.6 is 0 Å². The summed E-state index contributed by atoms with van der Waals surface area (Å²) >= 11 is 0. The standard InChI is InChI=1S/C28H30F3NO5S2Si/c1-19(2)40(20(3)4,26-13-9-8-12-25(26)37-39(35,36)28(29,30)31)27-18-22-10-6-7-11-24(22)32(27)38(33,34)23-16-14-21(5)15-17-23/h6-20H,1-5H3. The first kappa shape index (κ1) is 29.9. The van der Waals surface area contributed by atoms with Gasteiger partial charge in [0.2, 0.25) is 0 Å². The number of nitrogens with zero attached hydrogens (tertiary/aromatic N) is 1. The van der Waals surface area contributed by atoms with E-state index in [9.17, 15) is 30.0 Å². The Bertz CT molecular complexity index is 1750. The summed E-state index contributed by atoms with van der Waals surface area (Å²) in [5.41, 5.74) is -4.92. The smallest absolute Gasteiger partial charge is 0.376 e. The van der Waals surface area contributed by atoms with Crippen LogP contribution in [0, 0.1) is 6.92 Å². The zero-order chi connectivity index (χ0) is 29.7. The van der Waals surface area contributed by atoms with Crippen molar-refractivity contribution in [2.75, 3.05) is 0 Å². The van der Waals surface area contributed by atoms with Crippen molar-refractivity contribution in [3.63, 3.8) is 0 Å². The Balaban J connectivity index is 2.14. The average Bonchev–Trinajstić information content (AvgIpc) is 3.25. The molecule has 0 amide bonds. The summed E-state index contributed by atoms with van der Waals surface area (Å²) < 4.78 is 99.1. The first-order chi connectivity index (χ1) is 18.5. The van der Waals surface area contributed by atoms with E-state index in [0.29, 0.717) is 16.2 Å². The molecule has 0 saturated heterocycles. The third-order valence-corrected chi connectivity index (χ3v) is 16.3. The highest BCUT2D eigenvalue weighted by atomic mass is 32.2. The average molecular weight is 610 g/mol. The van der Waals surface area contributed by atoms with Gasteiger partial charge in [0.25, 0.3) is 10.0 Å². The van der Waals surface area contributed by atoms with Crippen LogP contribution in [0.5, 0.6) is 5.75 Å². The van der Waals surface area contributed by atoms with E-state index < -0.39 is 39.5 Å². The van der Waals surface area contributed by atoms with Gasteiger partial charge < -0.3 is 4.18 Å². The number of hydrogen-bond donors (Lipinski definition) is 0. The van der Waals surface area contributed by atoms with E-state index in [4.69, 9.17) is 4.18 Å². The van der Waals surface area contributed by atoms with Gasteiger partial charge in [0, 0.05) is 10.7 Å². The number of benzene rings is 3. The molecule has 0 bridgehead atoms. The second kappa shape index (κ2) is 10.4. The molecule has 6 nitrogen and oxygen atoms in total. The summed E-state index contributed by atoms with van der Waals surface area (Å²) in [5, 5.41) is 1.31. The lowest BCUT2D eigenvalue weighted by atomic mass is 10.2. The number of hydrogen-bond acceptors (Lipinski definition) is 5. The molecule has 0 spiro atoms. The Morgan fingerprint density at radius 1 is 0.800 bits per heavy atom. The Hall–Kier alpha value is -3.09. The molecule has 0 radical (unpaired) electrons. The first-order valence-corrected chi connectivity index (χ1v) is 17.6. The molecule has 214 valence electrons. The molecule has 1 aromatic heterocycles. The van der Waals surface area contributed by atoms with E-state index in [1.165, 1.54) is 28.2 Å². The van der Waals surface area contributed by atoms with E-state index >= 15 is 0 Å². The van der Waals surface area contributed by atoms with Crippen LogP contribution in [0.1, 0.15) is 33.3 Å². The lowest BCUT2D eigenvalue weighted by Crippen LogP contribution is -2.65. The number of fused-ring (bicyclic) bond motifs is 1. The topological polar surface area (TPSA) is 82.4 Å². The molecule has 0 N–H and O–H groups in total. The largest absolute Gasteiger partial charge is 0.534 e. The van der Waals surface area contributed by atoms with Crippen molar-refractivity contribution in [2.24, 2.45) is 0 Å². The summed E-state index contributed by atoms with van der Waals surface area (Å²) in [6.45, 7) is 9.35. The normalized spacial score (nSPS) is 13.3. The molecule has 0 aliphatic carbocycles. The maximum atomic E-state index is 14.3. The fourth-order valence-electron chi connectivity index (χ4n) is 5.56. The number of aryl methyl sites for hydroxylation is 1. The number of rotatable bonds is 8. The van der Waals surface area contributed by atoms with Gasteiger partial charge in [0.05, 0.1) is 10.4 Å². The molecular formula is C28H30F3NO5S2Si. The van der Waals surface area contributed by atoms with Crippen LogP contribution < -0.4 is 14.7 Å². The van der Waals surface area contributed by atoms with Crippen LogP contribution in [-0.4, -0.2) is 34.4 Å². The second-order valence-electron chi connectivity index (χ2n) is 10.3. The maximum absolute atomic E-state index is 14.3. The number of para-hydroxylation sites is 2. The molecular weight excluding hydrogens is 580 g/mol. The van der Waals surface area contributed by atoms with Gasteiger partial charge in [-0.3, -0.25) is 0 Å². The number of aromatic nitrogens is 1. The highest BCUT2D eigenvalue weighted by Gasteiger charge is 2.52. The Kier molecular flexibility index (Phi) is 7.76. The minimum absolute atomic E-state index is 0.0558. The van der Waals surface area contributed by atoms with Gasteiger partial charge in [-0.2, -0.15) is 21.6 Å². The van der Waals surface area contributed by atoms with Crippen LogP contribution in [0.4, 0.5) is 13.2 Å². The van der Waals surface area contributed by atoms with Crippen molar-refractivity contribution < 1.29 is 34.2 Å². The van der Waals surface area contributed by atoms with Crippen LogP contribution in [0.25, 0.3) is 10.9 Å². The van der Waals surface area contributed by atoms with Gasteiger partial charge in [-0.1, -0.05) is 81.8 Å². The summed E-state index contributed by atoms with van der Waals surface area (Å²) in [5.74, 6) is -0.460. The van der Waals surface area contributed by atoms with Crippen molar-refractivity contribution in [1.29, 1.82) is 0 Å². The van der Waals surface area contributed by atoms with Gasteiger partial charge in [0.15, 0.2) is 0 Å². The van der Waals surface area contributed by atoms with Gasteiger partial charge in [0.1, 0.15) is 13.8 Å². The monoisotopic (exact) mass is 609 g/mol. The maximum Gasteiger partial charge on any atom is 0.534 e. The highest BCUT2D eigenvalue weighted by molar-refractivity contribution is 7.90. The molecule has 0 saturated carbocycles. The minimum Gasteiger partial charge on any atom is -0.376 e. The third-order valence-electron chi connectivity index (χ3n) is 7.29. The Labute approximate surface area is 233 Å². The first-order valence-electron chi connectivity index (χ1n) is 12.6. The quantitative estimate of drug-likeness (QED) is 0.143. The molecule has 1 heterocycles. The van der Waals surface area contributed by atoms with Gasteiger partial charge in [-0.15, -0.1) is 0 Å². The predicted molar refractivity (Wildman–Crippen MR) is 153 cm³/mol. The van der Waals surface area contributed by atoms with Gasteiger partial charge in [-0.05, 0) is 53.5 Å². The molecule has 0 fully saturated rings. The molecule has 4 aromatic rings. The molecule has 0 atom stereocenters. The van der Waals surface area contributed by atoms with E-state index in [2.05, 4.69) is 0 Å². The fraction of sp³-hybridized carbons (Fsp3) is 0.286. The van der Waals surface area contributed by atoms with Crippen LogP contribution in [0.2, 0.25) is 11.1 Å². The van der Waals surface area contributed by atoms with E-state index in [0.717, 1.165) is 5.56 Å². The lowest BCUT2D eigenvalue weighted by Gasteiger charge is -2.41. The summed E-state index contributed by atoms with van der Waals surface area (Å²) in [7, 11) is -13.6. The van der Waals surface area contributed by atoms with Crippen LogP contribution in [0.3, 0.4) is 0 Å². The van der Waals surface area contributed by atoms with Crippen molar-refractivity contribution in [1.82, 2.24) is 3.97 Å². The van der Waals surface area contributed by atoms with Crippen molar-refractivity contribution in [2.45, 2.75) is 56.1 Å². The molecule has 0 aliphatic rings. The summed E-state index contributed by atoms with van der Waals surface area (Å²) in [6, 6.07) is 20.9. The van der Waals surface area contributed by atoms with Crippen LogP contribution in [-0.2, 0) is 20.1 Å². The molecule has 0 aliphatic heterocycles. The van der Waals surface area contributed by atoms with Gasteiger partial charge >= 0.3 is 15.6 Å².